The third-order valence-corrected chi connectivity index (χ3v) is 8.08. The summed E-state index contributed by atoms with van der Waals surface area (Å²) in [6.45, 7) is 6.30. The van der Waals surface area contributed by atoms with Crippen molar-refractivity contribution in [1.29, 1.82) is 5.26 Å². The van der Waals surface area contributed by atoms with Crippen LogP contribution in [0.4, 0.5) is 5.69 Å². The van der Waals surface area contributed by atoms with Crippen molar-refractivity contribution in [3.8, 4) is 6.07 Å². The molecule has 0 N–H and O–H groups in total. The van der Waals surface area contributed by atoms with E-state index >= 15 is 0 Å². The maximum absolute atomic E-state index is 14.8. The van der Waals surface area contributed by atoms with E-state index in [9.17, 15) is 14.9 Å². The number of nitriles is 1. The molecule has 2 aliphatic heterocycles. The van der Waals surface area contributed by atoms with E-state index in [2.05, 4.69) is 6.07 Å². The molecular weight excluding hydrogens is 520 g/mol. The van der Waals surface area contributed by atoms with Gasteiger partial charge in [0.05, 0.1) is 23.9 Å². The average molecular weight is 551 g/mol. The number of aryl methyl sites for hydroxylation is 3. The van der Waals surface area contributed by atoms with Crippen LogP contribution in [0.1, 0.15) is 50.2 Å². The second-order valence-corrected chi connectivity index (χ2v) is 11.1. The molecule has 4 aromatic rings. The minimum absolute atomic E-state index is 0.133. The Balaban J connectivity index is 1.56. The molecule has 4 aromatic carbocycles. The zero-order valence-corrected chi connectivity index (χ0v) is 23.8. The summed E-state index contributed by atoms with van der Waals surface area (Å²) < 4.78 is 0. The van der Waals surface area contributed by atoms with Gasteiger partial charge in [0.2, 0.25) is 5.91 Å². The molecule has 6 nitrogen and oxygen atoms in total. The molecule has 2 heterocycles. The van der Waals surface area contributed by atoms with E-state index < -0.39 is 5.41 Å². The number of benzene rings is 4. The molecule has 0 saturated heterocycles. The fourth-order valence-electron chi connectivity index (χ4n) is 5.77. The van der Waals surface area contributed by atoms with Crippen LogP contribution in [0.15, 0.2) is 114 Å². The number of fused-ring (bicyclic) bond motifs is 2. The van der Waals surface area contributed by atoms with Crippen molar-refractivity contribution in [2.24, 2.45) is 5.10 Å². The van der Waals surface area contributed by atoms with Crippen molar-refractivity contribution in [2.75, 3.05) is 4.90 Å². The molecule has 0 saturated carbocycles. The summed E-state index contributed by atoms with van der Waals surface area (Å²) in [5, 5.41) is 16.7. The largest absolute Gasteiger partial charge is 0.307 e. The first-order valence-electron chi connectivity index (χ1n) is 13.9. The summed E-state index contributed by atoms with van der Waals surface area (Å²) in [4.78, 5) is 30.3. The van der Waals surface area contributed by atoms with Crippen LogP contribution in [0, 0.1) is 32.1 Å². The number of anilines is 1. The lowest BCUT2D eigenvalue weighted by atomic mass is 9.71. The van der Waals surface area contributed by atoms with Crippen LogP contribution in [-0.2, 0) is 16.8 Å². The Morgan fingerprint density at radius 1 is 0.881 bits per heavy atom. The second kappa shape index (κ2) is 10.6. The van der Waals surface area contributed by atoms with Crippen molar-refractivity contribution in [3.05, 3.63) is 148 Å². The van der Waals surface area contributed by atoms with Crippen LogP contribution in [0.5, 0.6) is 0 Å². The van der Waals surface area contributed by atoms with Gasteiger partial charge in [-0.1, -0.05) is 95.6 Å². The fourth-order valence-corrected chi connectivity index (χ4v) is 5.77. The van der Waals surface area contributed by atoms with E-state index in [0.29, 0.717) is 17.8 Å². The summed E-state index contributed by atoms with van der Waals surface area (Å²) in [7, 11) is 0. The van der Waals surface area contributed by atoms with Gasteiger partial charge in [0.1, 0.15) is 5.41 Å². The highest BCUT2D eigenvalue weighted by molar-refractivity contribution is 6.16. The Kier molecular flexibility index (Phi) is 6.80. The van der Waals surface area contributed by atoms with E-state index in [1.165, 1.54) is 11.2 Å². The molecule has 0 bridgehead atoms. The monoisotopic (exact) mass is 550 g/mol. The van der Waals surface area contributed by atoms with Gasteiger partial charge in [0.15, 0.2) is 0 Å². The predicted molar refractivity (Wildman–Crippen MR) is 164 cm³/mol. The summed E-state index contributed by atoms with van der Waals surface area (Å²) in [6.07, 6.45) is 1.59. The van der Waals surface area contributed by atoms with Gasteiger partial charge in [-0.25, -0.2) is 5.01 Å². The Bertz CT molecular complexity index is 1800. The zero-order valence-electron chi connectivity index (χ0n) is 23.8. The number of carbonyl (C=O) groups excluding carboxylic acids is 2. The zero-order chi connectivity index (χ0) is 29.4. The van der Waals surface area contributed by atoms with Crippen LogP contribution in [0.25, 0.3) is 0 Å². The fraction of sp³-hybridized carbons (Fsp3) is 0.167. The highest BCUT2D eigenvalue weighted by atomic mass is 16.2. The lowest BCUT2D eigenvalue weighted by Crippen LogP contribution is -2.42. The lowest BCUT2D eigenvalue weighted by molar-refractivity contribution is -0.121. The van der Waals surface area contributed by atoms with Crippen LogP contribution in [-0.4, -0.2) is 22.5 Å². The van der Waals surface area contributed by atoms with E-state index in [-0.39, 0.29) is 23.8 Å². The normalized spacial score (nSPS) is 17.8. The van der Waals surface area contributed by atoms with Gasteiger partial charge in [-0.15, -0.1) is 0 Å². The summed E-state index contributed by atoms with van der Waals surface area (Å²) in [6, 6.07) is 33.2. The number of carbonyl (C=O) groups is 2. The minimum atomic E-state index is -1.35. The average Bonchev–Trinajstić information content (AvgIpc) is 3.11. The molecule has 0 aliphatic carbocycles. The molecule has 6 heteroatoms. The standard InChI is InChI=1S/C36H30N4O2/c1-24-9-14-28(15-10-24)32-20-36(30(21-37)23-40(38-32)34(41)29-16-11-25(2)12-17-29)31-19-26(3)13-18-33(31)39(35(36)42)22-27-7-5-4-6-8-27/h4-19,23H,20,22H2,1-3H3. The number of amides is 2. The molecule has 1 spiro atoms. The molecule has 6 rings (SSSR count). The SMILES string of the molecule is Cc1ccc(C(=O)N2C=C(C#N)C3(CC(c4ccc(C)cc4)=N2)C(=O)N(Cc2ccccc2)c2ccc(C)cc23)cc1. The van der Waals surface area contributed by atoms with Crippen molar-refractivity contribution >= 4 is 23.2 Å². The number of rotatable bonds is 4. The van der Waals surface area contributed by atoms with Crippen molar-refractivity contribution in [1.82, 2.24) is 5.01 Å². The van der Waals surface area contributed by atoms with Gasteiger partial charge >= 0.3 is 0 Å². The number of nitrogens with zero attached hydrogens (tertiary/aromatic N) is 4. The third-order valence-electron chi connectivity index (χ3n) is 8.08. The maximum atomic E-state index is 14.8. The lowest BCUT2D eigenvalue weighted by Gasteiger charge is -2.28. The van der Waals surface area contributed by atoms with Crippen LogP contribution in [0.2, 0.25) is 0 Å². The van der Waals surface area contributed by atoms with Gasteiger partial charge in [-0.2, -0.15) is 10.4 Å². The van der Waals surface area contributed by atoms with Crippen LogP contribution in [0.3, 0.4) is 0 Å². The molecule has 0 aromatic heterocycles. The number of hydrogen-bond donors (Lipinski definition) is 0. The molecule has 206 valence electrons. The summed E-state index contributed by atoms with van der Waals surface area (Å²) in [5.74, 6) is -0.579. The molecule has 0 fully saturated rings. The second-order valence-electron chi connectivity index (χ2n) is 11.1. The van der Waals surface area contributed by atoms with Crippen LogP contribution >= 0.6 is 0 Å². The molecule has 2 amide bonds. The Morgan fingerprint density at radius 3 is 2.19 bits per heavy atom. The van der Waals surface area contributed by atoms with Crippen molar-refractivity contribution < 1.29 is 9.59 Å². The molecular formula is C36H30N4O2. The quantitative estimate of drug-likeness (QED) is 0.282. The molecule has 42 heavy (non-hydrogen) atoms. The third kappa shape index (κ3) is 4.59. The molecule has 2 aliphatic rings. The van der Waals surface area contributed by atoms with E-state index in [4.69, 9.17) is 5.10 Å². The van der Waals surface area contributed by atoms with Gasteiger partial charge in [-0.05, 0) is 55.7 Å². The van der Waals surface area contributed by atoms with Gasteiger partial charge in [0.25, 0.3) is 5.91 Å². The molecule has 1 atom stereocenters. The Morgan fingerprint density at radius 2 is 1.52 bits per heavy atom. The Hall–Kier alpha value is -5.28. The van der Waals surface area contributed by atoms with E-state index in [1.807, 2.05) is 106 Å². The van der Waals surface area contributed by atoms with Gasteiger partial charge < -0.3 is 4.90 Å². The first-order chi connectivity index (χ1) is 20.3. The maximum Gasteiger partial charge on any atom is 0.278 e. The van der Waals surface area contributed by atoms with E-state index in [0.717, 1.165) is 39.1 Å². The summed E-state index contributed by atoms with van der Waals surface area (Å²) in [5.41, 5.74) is 6.20. The first kappa shape index (κ1) is 26.9. The smallest absolute Gasteiger partial charge is 0.278 e. The number of hydrazone groups is 1. The minimum Gasteiger partial charge on any atom is -0.307 e. The van der Waals surface area contributed by atoms with Crippen molar-refractivity contribution in [2.45, 2.75) is 39.2 Å². The molecule has 0 radical (unpaired) electrons. The topological polar surface area (TPSA) is 76.8 Å². The predicted octanol–water partition coefficient (Wildman–Crippen LogP) is 6.75. The summed E-state index contributed by atoms with van der Waals surface area (Å²) >= 11 is 0. The Labute approximate surface area is 245 Å². The molecule has 1 unspecified atom stereocenters. The highest BCUT2D eigenvalue weighted by Crippen LogP contribution is 2.51. The first-order valence-corrected chi connectivity index (χ1v) is 13.9. The number of hydrogen-bond acceptors (Lipinski definition) is 4. The van der Waals surface area contributed by atoms with Crippen LogP contribution < -0.4 is 4.90 Å². The van der Waals surface area contributed by atoms with Gasteiger partial charge in [0, 0.05) is 23.9 Å². The highest BCUT2D eigenvalue weighted by Gasteiger charge is 2.55. The van der Waals surface area contributed by atoms with Crippen molar-refractivity contribution in [3.63, 3.8) is 0 Å². The van der Waals surface area contributed by atoms with E-state index in [1.54, 1.807) is 17.0 Å². The van der Waals surface area contributed by atoms with Gasteiger partial charge in [-0.3, -0.25) is 9.59 Å².